The summed E-state index contributed by atoms with van der Waals surface area (Å²) in [6, 6.07) is 0. The normalized spacial score (nSPS) is 14.4. The maximum absolute atomic E-state index is 2.44. The first-order chi connectivity index (χ1) is 6.55. The van der Waals surface area contributed by atoms with Crippen molar-refractivity contribution in [2.45, 2.75) is 79.6 Å². The largest absolute Gasteiger partial charge is 0.0654 e. The molecule has 86 valence electrons. The molecule has 0 nitrogen and oxygen atoms in total. The van der Waals surface area contributed by atoms with Gasteiger partial charge in [-0.25, -0.2) is 0 Å². The van der Waals surface area contributed by atoms with E-state index < -0.39 is 0 Å². The summed E-state index contributed by atoms with van der Waals surface area (Å²) in [7, 11) is 0. The van der Waals surface area contributed by atoms with Crippen molar-refractivity contribution in [3.8, 4) is 0 Å². The zero-order valence-corrected chi connectivity index (χ0v) is 11.0. The maximum Gasteiger partial charge on any atom is -0.0352 e. The SMILES string of the molecule is CCCCC(CC)CC(C)(C)CCC. The third-order valence-electron chi connectivity index (χ3n) is 3.31. The highest BCUT2D eigenvalue weighted by Crippen LogP contribution is 2.33. The lowest BCUT2D eigenvalue weighted by atomic mass is 9.77. The second-order valence-electron chi connectivity index (χ2n) is 5.53. The highest BCUT2D eigenvalue weighted by Gasteiger charge is 2.20. The maximum atomic E-state index is 2.44. The van der Waals surface area contributed by atoms with Crippen molar-refractivity contribution >= 4 is 0 Å². The molecule has 14 heavy (non-hydrogen) atoms. The van der Waals surface area contributed by atoms with Gasteiger partial charge in [0.1, 0.15) is 0 Å². The van der Waals surface area contributed by atoms with Gasteiger partial charge in [0.15, 0.2) is 0 Å². The van der Waals surface area contributed by atoms with Gasteiger partial charge in [-0.1, -0.05) is 66.7 Å². The molecular weight excluding hydrogens is 168 g/mol. The van der Waals surface area contributed by atoms with Crippen LogP contribution in [0.1, 0.15) is 79.6 Å². The van der Waals surface area contributed by atoms with Crippen LogP contribution in [0.5, 0.6) is 0 Å². The number of rotatable bonds is 8. The minimum Gasteiger partial charge on any atom is -0.0654 e. The first kappa shape index (κ1) is 14.0. The van der Waals surface area contributed by atoms with Crippen LogP contribution < -0.4 is 0 Å². The predicted octanol–water partition coefficient (Wildman–Crippen LogP) is 5.42. The molecule has 0 aliphatic rings. The van der Waals surface area contributed by atoms with Crippen LogP contribution in [-0.4, -0.2) is 0 Å². The minimum atomic E-state index is 0.573. The summed E-state index contributed by atoms with van der Waals surface area (Å²) >= 11 is 0. The number of unbranched alkanes of at least 4 members (excludes halogenated alkanes) is 1. The van der Waals surface area contributed by atoms with E-state index in [1.807, 2.05) is 0 Å². The molecule has 0 radical (unpaired) electrons. The van der Waals surface area contributed by atoms with Gasteiger partial charge in [-0.3, -0.25) is 0 Å². The van der Waals surface area contributed by atoms with Crippen molar-refractivity contribution in [3.63, 3.8) is 0 Å². The first-order valence-electron chi connectivity index (χ1n) is 6.55. The highest BCUT2D eigenvalue weighted by atomic mass is 14.3. The molecule has 0 aromatic carbocycles. The molecule has 0 aliphatic carbocycles. The third kappa shape index (κ3) is 6.45. The van der Waals surface area contributed by atoms with Gasteiger partial charge < -0.3 is 0 Å². The molecular formula is C14H30. The molecule has 0 rings (SSSR count). The quantitative estimate of drug-likeness (QED) is 0.488. The summed E-state index contributed by atoms with van der Waals surface area (Å²) in [6.45, 7) is 11.8. The Hall–Kier alpha value is 0. The number of hydrogen-bond donors (Lipinski definition) is 0. The Labute approximate surface area is 91.5 Å². The molecule has 0 saturated carbocycles. The highest BCUT2D eigenvalue weighted by molar-refractivity contribution is 4.72. The fourth-order valence-corrected chi connectivity index (χ4v) is 2.50. The second-order valence-corrected chi connectivity index (χ2v) is 5.53. The summed E-state index contributed by atoms with van der Waals surface area (Å²) in [5.41, 5.74) is 0.573. The van der Waals surface area contributed by atoms with Crippen LogP contribution in [0.25, 0.3) is 0 Å². The molecule has 0 amide bonds. The fraction of sp³-hybridized carbons (Fsp3) is 1.00. The molecule has 0 bridgehead atoms. The van der Waals surface area contributed by atoms with Crippen molar-refractivity contribution in [2.24, 2.45) is 11.3 Å². The van der Waals surface area contributed by atoms with Crippen molar-refractivity contribution in [3.05, 3.63) is 0 Å². The topological polar surface area (TPSA) is 0 Å². The third-order valence-corrected chi connectivity index (χ3v) is 3.31. The van der Waals surface area contributed by atoms with E-state index in [2.05, 4.69) is 34.6 Å². The molecule has 0 saturated heterocycles. The zero-order valence-electron chi connectivity index (χ0n) is 11.0. The van der Waals surface area contributed by atoms with Crippen LogP contribution >= 0.6 is 0 Å². The molecule has 0 heterocycles. The smallest absolute Gasteiger partial charge is 0.0352 e. The lowest BCUT2D eigenvalue weighted by Gasteiger charge is -2.29. The second kappa shape index (κ2) is 7.31. The van der Waals surface area contributed by atoms with Crippen molar-refractivity contribution < 1.29 is 0 Å². The first-order valence-corrected chi connectivity index (χ1v) is 6.55. The molecule has 0 N–H and O–H groups in total. The van der Waals surface area contributed by atoms with Gasteiger partial charge in [-0.2, -0.15) is 0 Å². The van der Waals surface area contributed by atoms with E-state index >= 15 is 0 Å². The molecule has 0 aromatic heterocycles. The van der Waals surface area contributed by atoms with Crippen LogP contribution in [0.3, 0.4) is 0 Å². The van der Waals surface area contributed by atoms with E-state index in [1.165, 1.54) is 44.9 Å². The van der Waals surface area contributed by atoms with E-state index in [-0.39, 0.29) is 0 Å². The number of hydrogen-bond acceptors (Lipinski definition) is 0. The minimum absolute atomic E-state index is 0.573. The Kier molecular flexibility index (Phi) is 7.31. The van der Waals surface area contributed by atoms with Crippen LogP contribution in [-0.2, 0) is 0 Å². The Bertz CT molecular complexity index is 124. The average molecular weight is 198 g/mol. The van der Waals surface area contributed by atoms with Gasteiger partial charge in [0.2, 0.25) is 0 Å². The molecule has 0 fully saturated rings. The van der Waals surface area contributed by atoms with E-state index in [9.17, 15) is 0 Å². The Morgan fingerprint density at radius 1 is 1.00 bits per heavy atom. The van der Waals surface area contributed by atoms with Crippen LogP contribution in [0.15, 0.2) is 0 Å². The standard InChI is InChI=1S/C14H30/c1-6-9-10-13(8-3)12-14(4,5)11-7-2/h13H,6-12H2,1-5H3. The van der Waals surface area contributed by atoms with Crippen LogP contribution in [0.4, 0.5) is 0 Å². The average Bonchev–Trinajstić information content (AvgIpc) is 2.12. The van der Waals surface area contributed by atoms with E-state index in [4.69, 9.17) is 0 Å². The Balaban J connectivity index is 3.89. The van der Waals surface area contributed by atoms with Crippen molar-refractivity contribution in [1.29, 1.82) is 0 Å². The van der Waals surface area contributed by atoms with Gasteiger partial charge in [0, 0.05) is 0 Å². The Morgan fingerprint density at radius 3 is 2.07 bits per heavy atom. The molecule has 1 unspecified atom stereocenters. The summed E-state index contributed by atoms with van der Waals surface area (Å²) < 4.78 is 0. The molecule has 0 aliphatic heterocycles. The van der Waals surface area contributed by atoms with Crippen LogP contribution in [0.2, 0.25) is 0 Å². The monoisotopic (exact) mass is 198 g/mol. The van der Waals surface area contributed by atoms with Gasteiger partial charge >= 0.3 is 0 Å². The van der Waals surface area contributed by atoms with Gasteiger partial charge in [0.25, 0.3) is 0 Å². The zero-order chi connectivity index (χ0) is 11.0. The molecule has 0 heteroatoms. The molecule has 0 spiro atoms. The fourth-order valence-electron chi connectivity index (χ4n) is 2.50. The van der Waals surface area contributed by atoms with Crippen molar-refractivity contribution in [2.75, 3.05) is 0 Å². The van der Waals surface area contributed by atoms with E-state index in [0.717, 1.165) is 5.92 Å². The van der Waals surface area contributed by atoms with Gasteiger partial charge in [-0.15, -0.1) is 0 Å². The summed E-state index contributed by atoms with van der Waals surface area (Å²) in [5, 5.41) is 0. The summed E-state index contributed by atoms with van der Waals surface area (Å²) in [5.74, 6) is 0.969. The van der Waals surface area contributed by atoms with Gasteiger partial charge in [-0.05, 0) is 24.2 Å². The van der Waals surface area contributed by atoms with Crippen molar-refractivity contribution in [1.82, 2.24) is 0 Å². The van der Waals surface area contributed by atoms with E-state index in [1.54, 1.807) is 0 Å². The van der Waals surface area contributed by atoms with Gasteiger partial charge in [0.05, 0.1) is 0 Å². The Morgan fingerprint density at radius 2 is 1.64 bits per heavy atom. The molecule has 0 aromatic rings. The lowest BCUT2D eigenvalue weighted by Crippen LogP contribution is -2.16. The lowest BCUT2D eigenvalue weighted by molar-refractivity contribution is 0.230. The summed E-state index contributed by atoms with van der Waals surface area (Å²) in [4.78, 5) is 0. The van der Waals surface area contributed by atoms with Crippen LogP contribution in [0, 0.1) is 11.3 Å². The summed E-state index contributed by atoms with van der Waals surface area (Å²) in [6.07, 6.45) is 9.73. The van der Waals surface area contributed by atoms with E-state index in [0.29, 0.717) is 5.41 Å². The molecule has 1 atom stereocenters. The predicted molar refractivity (Wildman–Crippen MR) is 66.6 cm³/mol.